The van der Waals surface area contributed by atoms with E-state index in [1.165, 1.54) is 5.56 Å². The van der Waals surface area contributed by atoms with Gasteiger partial charge in [-0.3, -0.25) is 4.79 Å². The minimum absolute atomic E-state index is 0.212. The van der Waals surface area contributed by atoms with Gasteiger partial charge in [0.1, 0.15) is 0 Å². The molecule has 3 nitrogen and oxygen atoms in total. The van der Waals surface area contributed by atoms with Gasteiger partial charge in [-0.1, -0.05) is 24.3 Å². The Morgan fingerprint density at radius 3 is 2.14 bits per heavy atom. The first-order chi connectivity index (χ1) is 10.0. The Hall–Kier alpha value is -1.45. The van der Waals surface area contributed by atoms with Crippen molar-refractivity contribution in [1.82, 2.24) is 0 Å². The molecule has 1 aromatic rings. The Kier molecular flexibility index (Phi) is 4.96. The van der Waals surface area contributed by atoms with Crippen molar-refractivity contribution in [2.75, 3.05) is 27.4 Å². The number of methoxy groups -OCH3 is 2. The van der Waals surface area contributed by atoms with Crippen LogP contribution >= 0.6 is 0 Å². The Balaban J connectivity index is 2.56. The van der Waals surface area contributed by atoms with E-state index >= 15 is 0 Å². The predicted octanol–water partition coefficient (Wildman–Crippen LogP) is 3.37. The molecule has 1 aliphatic carbocycles. The standard InChI is InChI=1S/C18H24O3/c1-18(2)16-8-6-5-7-14(16)13(9-11-20-3)15(17(18)19)10-12-21-4/h5-8H,9-12H2,1-4H3. The summed E-state index contributed by atoms with van der Waals surface area (Å²) in [6.45, 7) is 5.20. The molecule has 0 aromatic heterocycles. The molecule has 114 valence electrons. The number of carbonyl (C=O) groups excluding carboxylic acids is 1. The lowest BCUT2D eigenvalue weighted by Crippen LogP contribution is -2.35. The van der Waals surface area contributed by atoms with Gasteiger partial charge in [0.15, 0.2) is 5.78 Å². The fraction of sp³-hybridized carbons (Fsp3) is 0.500. The van der Waals surface area contributed by atoms with E-state index in [9.17, 15) is 4.79 Å². The van der Waals surface area contributed by atoms with Crippen molar-refractivity contribution >= 4 is 11.4 Å². The number of fused-ring (bicyclic) bond motifs is 1. The summed E-state index contributed by atoms with van der Waals surface area (Å²) in [5, 5.41) is 0. The summed E-state index contributed by atoms with van der Waals surface area (Å²) in [6, 6.07) is 8.21. The molecule has 0 heterocycles. The highest BCUT2D eigenvalue weighted by Crippen LogP contribution is 2.42. The lowest BCUT2D eigenvalue weighted by molar-refractivity contribution is -0.120. The van der Waals surface area contributed by atoms with Crippen LogP contribution in [0.15, 0.2) is 29.8 Å². The molecule has 0 unspecified atom stereocenters. The largest absolute Gasteiger partial charge is 0.384 e. The highest BCUT2D eigenvalue weighted by Gasteiger charge is 2.39. The molecule has 1 aromatic carbocycles. The zero-order chi connectivity index (χ0) is 15.5. The molecule has 2 rings (SSSR count). The number of benzene rings is 1. The molecule has 0 bridgehead atoms. The highest BCUT2D eigenvalue weighted by molar-refractivity contribution is 6.12. The minimum atomic E-state index is -0.476. The summed E-state index contributed by atoms with van der Waals surface area (Å²) in [6.07, 6.45) is 1.42. The van der Waals surface area contributed by atoms with Crippen LogP contribution in [0.4, 0.5) is 0 Å². The Labute approximate surface area is 127 Å². The topological polar surface area (TPSA) is 35.5 Å². The van der Waals surface area contributed by atoms with Crippen molar-refractivity contribution in [3.8, 4) is 0 Å². The second-order valence-corrected chi connectivity index (χ2v) is 5.94. The molecular weight excluding hydrogens is 264 g/mol. The zero-order valence-electron chi connectivity index (χ0n) is 13.4. The van der Waals surface area contributed by atoms with E-state index in [1.54, 1.807) is 14.2 Å². The lowest BCUT2D eigenvalue weighted by Gasteiger charge is -2.34. The number of ketones is 1. The van der Waals surface area contributed by atoms with Gasteiger partial charge in [-0.05, 0) is 43.4 Å². The van der Waals surface area contributed by atoms with Crippen LogP contribution in [0, 0.1) is 0 Å². The molecule has 0 atom stereocenters. The maximum absolute atomic E-state index is 12.9. The third-order valence-corrected chi connectivity index (χ3v) is 4.24. The monoisotopic (exact) mass is 288 g/mol. The van der Waals surface area contributed by atoms with E-state index < -0.39 is 5.41 Å². The molecule has 0 spiro atoms. The van der Waals surface area contributed by atoms with Crippen LogP contribution in [0.1, 0.15) is 37.8 Å². The van der Waals surface area contributed by atoms with Gasteiger partial charge in [-0.25, -0.2) is 0 Å². The molecule has 1 aliphatic rings. The molecule has 0 amide bonds. The van der Waals surface area contributed by atoms with Crippen LogP contribution < -0.4 is 0 Å². The van der Waals surface area contributed by atoms with E-state index in [1.807, 2.05) is 26.0 Å². The number of carbonyl (C=O) groups is 1. The zero-order valence-corrected chi connectivity index (χ0v) is 13.4. The first-order valence-corrected chi connectivity index (χ1v) is 7.38. The Morgan fingerprint density at radius 1 is 0.952 bits per heavy atom. The molecule has 0 saturated carbocycles. The average Bonchev–Trinajstić information content (AvgIpc) is 2.49. The maximum atomic E-state index is 12.9. The molecule has 0 fully saturated rings. The summed E-state index contributed by atoms with van der Waals surface area (Å²) >= 11 is 0. The van der Waals surface area contributed by atoms with Crippen molar-refractivity contribution in [3.05, 3.63) is 41.0 Å². The van der Waals surface area contributed by atoms with E-state index in [2.05, 4.69) is 12.1 Å². The van der Waals surface area contributed by atoms with E-state index in [4.69, 9.17) is 9.47 Å². The van der Waals surface area contributed by atoms with Gasteiger partial charge >= 0.3 is 0 Å². The van der Waals surface area contributed by atoms with Gasteiger partial charge in [-0.2, -0.15) is 0 Å². The third-order valence-electron chi connectivity index (χ3n) is 4.24. The van der Waals surface area contributed by atoms with Gasteiger partial charge in [0.05, 0.1) is 18.6 Å². The SMILES string of the molecule is COCCC1=C(CCOC)c2ccccc2C(C)(C)C1=O. The second kappa shape index (κ2) is 6.54. The molecule has 0 radical (unpaired) electrons. The normalized spacial score (nSPS) is 17.0. The fourth-order valence-electron chi connectivity index (χ4n) is 3.05. The first kappa shape index (κ1) is 15.9. The average molecular weight is 288 g/mol. The fourth-order valence-corrected chi connectivity index (χ4v) is 3.05. The number of rotatable bonds is 6. The van der Waals surface area contributed by atoms with Crippen LogP contribution in [0.2, 0.25) is 0 Å². The van der Waals surface area contributed by atoms with Crippen LogP contribution in [-0.4, -0.2) is 33.2 Å². The summed E-state index contributed by atoms with van der Waals surface area (Å²) in [5.41, 5.74) is 3.84. The van der Waals surface area contributed by atoms with E-state index in [0.29, 0.717) is 19.6 Å². The van der Waals surface area contributed by atoms with Gasteiger partial charge < -0.3 is 9.47 Å². The summed E-state index contributed by atoms with van der Waals surface area (Å²) in [4.78, 5) is 12.9. The molecule has 0 saturated heterocycles. The maximum Gasteiger partial charge on any atom is 0.169 e. The first-order valence-electron chi connectivity index (χ1n) is 7.38. The van der Waals surface area contributed by atoms with E-state index in [-0.39, 0.29) is 5.78 Å². The Bertz CT molecular complexity index is 555. The Morgan fingerprint density at radius 2 is 1.52 bits per heavy atom. The summed E-state index contributed by atoms with van der Waals surface area (Å²) < 4.78 is 10.4. The third kappa shape index (κ3) is 2.94. The number of hydrogen-bond acceptors (Lipinski definition) is 3. The van der Waals surface area contributed by atoms with Crippen molar-refractivity contribution in [2.24, 2.45) is 0 Å². The van der Waals surface area contributed by atoms with E-state index in [0.717, 1.165) is 23.1 Å². The molecule has 0 aliphatic heterocycles. The summed E-state index contributed by atoms with van der Waals surface area (Å²) in [5.74, 6) is 0.212. The van der Waals surface area contributed by atoms with Crippen molar-refractivity contribution < 1.29 is 14.3 Å². The second-order valence-electron chi connectivity index (χ2n) is 5.94. The van der Waals surface area contributed by atoms with Gasteiger partial charge in [0.2, 0.25) is 0 Å². The lowest BCUT2D eigenvalue weighted by atomic mass is 9.68. The quantitative estimate of drug-likeness (QED) is 0.805. The van der Waals surface area contributed by atoms with Crippen LogP contribution in [0.25, 0.3) is 5.57 Å². The molecular formula is C18H24O3. The number of hydrogen-bond donors (Lipinski definition) is 0. The van der Waals surface area contributed by atoms with Gasteiger partial charge in [0, 0.05) is 19.8 Å². The molecule has 0 N–H and O–H groups in total. The molecule has 21 heavy (non-hydrogen) atoms. The molecule has 3 heteroatoms. The minimum Gasteiger partial charge on any atom is -0.384 e. The van der Waals surface area contributed by atoms with Crippen LogP contribution in [-0.2, 0) is 19.7 Å². The van der Waals surface area contributed by atoms with Crippen molar-refractivity contribution in [1.29, 1.82) is 0 Å². The van der Waals surface area contributed by atoms with Crippen LogP contribution in [0.3, 0.4) is 0 Å². The smallest absolute Gasteiger partial charge is 0.169 e. The highest BCUT2D eigenvalue weighted by atomic mass is 16.5. The number of ether oxygens (including phenoxy) is 2. The van der Waals surface area contributed by atoms with Crippen molar-refractivity contribution in [2.45, 2.75) is 32.1 Å². The number of Topliss-reactive ketones (excluding diaryl/α,β-unsaturated/α-hetero) is 1. The van der Waals surface area contributed by atoms with Gasteiger partial charge in [0.25, 0.3) is 0 Å². The predicted molar refractivity (Wildman–Crippen MR) is 84.4 cm³/mol. The van der Waals surface area contributed by atoms with Crippen molar-refractivity contribution in [3.63, 3.8) is 0 Å². The van der Waals surface area contributed by atoms with Crippen LogP contribution in [0.5, 0.6) is 0 Å². The van der Waals surface area contributed by atoms with Gasteiger partial charge in [-0.15, -0.1) is 0 Å². The summed E-state index contributed by atoms with van der Waals surface area (Å²) in [7, 11) is 3.36.